The molecule has 0 spiro atoms. The van der Waals surface area contributed by atoms with Crippen LogP contribution in [0.25, 0.3) is 0 Å². The van der Waals surface area contributed by atoms with E-state index in [2.05, 4.69) is 0 Å². The van der Waals surface area contributed by atoms with E-state index >= 15 is 0 Å². The van der Waals surface area contributed by atoms with E-state index in [4.69, 9.17) is 22.9 Å². The average Bonchev–Trinajstić information content (AvgIpc) is 2.72. The fourth-order valence-corrected chi connectivity index (χ4v) is 7.77. The summed E-state index contributed by atoms with van der Waals surface area (Å²) in [5, 5.41) is 0. The smallest absolute Gasteiger partial charge is 0.398 e. The molecule has 10 heteroatoms. The van der Waals surface area contributed by atoms with Crippen LogP contribution in [0, 0.1) is 39.5 Å². The highest BCUT2D eigenvalue weighted by molar-refractivity contribution is 5.61. The van der Waals surface area contributed by atoms with E-state index < -0.39 is 28.9 Å². The zero-order chi connectivity index (χ0) is 29.3. The van der Waals surface area contributed by atoms with Gasteiger partial charge in [0, 0.05) is 22.5 Å². The zero-order valence-corrected chi connectivity index (χ0v) is 22.8. The summed E-state index contributed by atoms with van der Waals surface area (Å²) in [6, 6.07) is 3.41. The Morgan fingerprint density at radius 3 is 1.13 bits per heavy atom. The van der Waals surface area contributed by atoms with Crippen molar-refractivity contribution >= 4 is 11.4 Å². The molecule has 4 fully saturated rings. The van der Waals surface area contributed by atoms with Gasteiger partial charge in [-0.1, -0.05) is 24.3 Å². The second-order valence-corrected chi connectivity index (χ2v) is 12.5. The molecule has 6 rings (SSSR count). The van der Waals surface area contributed by atoms with Gasteiger partial charge in [0.25, 0.3) is 0 Å². The van der Waals surface area contributed by atoms with Crippen molar-refractivity contribution in [3.8, 4) is 0 Å². The lowest BCUT2D eigenvalue weighted by atomic mass is 9.50. The average molecular weight is 557 g/mol. The van der Waals surface area contributed by atoms with Gasteiger partial charge < -0.3 is 22.9 Å². The van der Waals surface area contributed by atoms with E-state index in [1.54, 1.807) is 0 Å². The van der Waals surface area contributed by atoms with Gasteiger partial charge in [-0.25, -0.2) is 0 Å². The van der Waals surface area contributed by atoms with E-state index in [1.807, 2.05) is 0 Å². The number of rotatable bonds is 2. The number of hydrogen-bond donors (Lipinski definition) is 4. The minimum absolute atomic E-state index is 0.138. The molecule has 0 unspecified atom stereocenters. The topological polar surface area (TPSA) is 104 Å². The van der Waals surface area contributed by atoms with Gasteiger partial charge in [0.15, 0.2) is 0 Å². The lowest BCUT2D eigenvalue weighted by Gasteiger charge is -2.59. The largest absolute Gasteiger partial charge is 0.411 e. The monoisotopic (exact) mass is 556 g/mol. The van der Waals surface area contributed by atoms with Crippen LogP contribution >= 0.6 is 0 Å². The quantitative estimate of drug-likeness (QED) is 0.251. The van der Waals surface area contributed by atoms with Crippen molar-refractivity contribution in [2.45, 2.75) is 95.1 Å². The van der Waals surface area contributed by atoms with Gasteiger partial charge in [0.2, 0.25) is 5.41 Å². The van der Waals surface area contributed by atoms with Crippen LogP contribution in [0.4, 0.5) is 37.7 Å². The summed E-state index contributed by atoms with van der Waals surface area (Å²) in [4.78, 5) is 0. The van der Waals surface area contributed by atoms with Crippen LogP contribution in [0.2, 0.25) is 0 Å². The maximum Gasteiger partial charge on any atom is 0.411 e. The number of alkyl halides is 6. The summed E-state index contributed by atoms with van der Waals surface area (Å²) >= 11 is 0. The van der Waals surface area contributed by atoms with Crippen LogP contribution in [0.1, 0.15) is 71.9 Å². The summed E-state index contributed by atoms with van der Waals surface area (Å²) in [6.07, 6.45) is -3.77. The fraction of sp³-hybridized carbons (Fsp3) is 0.586. The van der Waals surface area contributed by atoms with Gasteiger partial charge in [0.05, 0.1) is 0 Å². The van der Waals surface area contributed by atoms with Crippen LogP contribution < -0.4 is 22.9 Å². The lowest BCUT2D eigenvalue weighted by molar-refractivity contribution is -0.288. The van der Waals surface area contributed by atoms with Gasteiger partial charge in [-0.15, -0.1) is 0 Å². The summed E-state index contributed by atoms with van der Waals surface area (Å²) in [5.74, 6) is 1.72. The molecule has 4 saturated carbocycles. The Labute approximate surface area is 225 Å². The molecule has 4 aliphatic rings. The molecule has 4 nitrogen and oxygen atoms in total. The fourth-order valence-electron chi connectivity index (χ4n) is 7.77. The van der Waals surface area contributed by atoms with Crippen molar-refractivity contribution in [2.75, 3.05) is 11.5 Å². The number of halogens is 6. The van der Waals surface area contributed by atoms with Gasteiger partial charge in [0.1, 0.15) is 0 Å². The Kier molecular flexibility index (Phi) is 7.04. The summed E-state index contributed by atoms with van der Waals surface area (Å²) in [7, 11) is 0. The second-order valence-electron chi connectivity index (χ2n) is 12.5. The SMILES string of the molecule is Cc1cc(C(c2cc(C)c(N)c(C)c2)(C(F)(F)F)C(F)(F)F)cc(C)c1N.NC12CC3CC(C1)CC(N)(C3)C2. The second kappa shape index (κ2) is 9.29. The molecular formula is C29H38F6N4. The minimum Gasteiger partial charge on any atom is -0.398 e. The van der Waals surface area contributed by atoms with Crippen LogP contribution in [-0.4, -0.2) is 23.4 Å². The summed E-state index contributed by atoms with van der Waals surface area (Å²) in [5.41, 5.74) is 19.3. The molecular weight excluding hydrogens is 518 g/mol. The van der Waals surface area contributed by atoms with Gasteiger partial charge >= 0.3 is 12.4 Å². The third kappa shape index (κ3) is 4.99. The first-order valence-electron chi connectivity index (χ1n) is 13.2. The lowest BCUT2D eigenvalue weighted by Crippen LogP contribution is -2.66. The van der Waals surface area contributed by atoms with E-state index in [9.17, 15) is 26.3 Å². The molecule has 2 aromatic carbocycles. The molecule has 0 saturated heterocycles. The number of benzene rings is 2. The molecule has 4 bridgehead atoms. The first kappa shape index (κ1) is 29.5. The Hall–Kier alpha value is -2.46. The Balaban J connectivity index is 0.000000240. The van der Waals surface area contributed by atoms with E-state index in [0.717, 1.165) is 42.5 Å². The van der Waals surface area contributed by atoms with Gasteiger partial charge in [-0.05, 0) is 111 Å². The number of aryl methyl sites for hydroxylation is 4. The number of nitrogen functional groups attached to an aromatic ring is 2. The van der Waals surface area contributed by atoms with E-state index in [0.29, 0.717) is 0 Å². The Morgan fingerprint density at radius 2 is 0.897 bits per heavy atom. The molecule has 39 heavy (non-hydrogen) atoms. The van der Waals surface area contributed by atoms with Crippen molar-refractivity contribution in [2.24, 2.45) is 23.3 Å². The molecule has 0 aliphatic heterocycles. The third-order valence-electron chi connectivity index (χ3n) is 9.06. The number of nitrogens with two attached hydrogens (primary N) is 4. The van der Waals surface area contributed by atoms with Crippen molar-refractivity contribution in [1.29, 1.82) is 0 Å². The maximum absolute atomic E-state index is 14.2. The van der Waals surface area contributed by atoms with Crippen molar-refractivity contribution in [3.63, 3.8) is 0 Å². The first-order chi connectivity index (χ1) is 17.7. The number of hydrogen-bond acceptors (Lipinski definition) is 4. The molecule has 0 radical (unpaired) electrons. The van der Waals surface area contributed by atoms with Crippen molar-refractivity contribution in [1.82, 2.24) is 0 Å². The first-order valence-corrected chi connectivity index (χ1v) is 13.2. The molecule has 4 aliphatic carbocycles. The molecule has 0 amide bonds. The standard InChI is InChI=1S/C19H20F6N2.C10H18N2/c1-9-5-13(6-10(2)15(9)26)17(18(20,21)22,19(23,24)25)14-7-11(3)16(27)12(4)8-14;11-9-2-7-1-8(4-9)5-10(12,3-7)6-9/h5-8H,26-27H2,1-4H3;7-8H,1-6,11-12H2. The normalized spacial score (nSPS) is 28.3. The third-order valence-corrected chi connectivity index (χ3v) is 9.06. The highest BCUT2D eigenvalue weighted by Gasteiger charge is 2.72. The number of anilines is 2. The van der Waals surface area contributed by atoms with E-state index in [1.165, 1.54) is 59.8 Å². The summed E-state index contributed by atoms with van der Waals surface area (Å²) < 4.78 is 85.1. The Morgan fingerprint density at radius 1 is 0.615 bits per heavy atom. The molecule has 2 aromatic rings. The minimum atomic E-state index is -5.64. The zero-order valence-electron chi connectivity index (χ0n) is 22.8. The molecule has 8 N–H and O–H groups in total. The van der Waals surface area contributed by atoms with Gasteiger partial charge in [-0.2, -0.15) is 26.3 Å². The maximum atomic E-state index is 14.2. The highest BCUT2D eigenvalue weighted by atomic mass is 19.4. The molecule has 0 heterocycles. The van der Waals surface area contributed by atoms with Crippen molar-refractivity contribution < 1.29 is 26.3 Å². The van der Waals surface area contributed by atoms with Crippen LogP contribution in [0.3, 0.4) is 0 Å². The predicted molar refractivity (Wildman–Crippen MR) is 142 cm³/mol. The van der Waals surface area contributed by atoms with Crippen LogP contribution in [0.15, 0.2) is 24.3 Å². The van der Waals surface area contributed by atoms with Crippen LogP contribution in [0.5, 0.6) is 0 Å². The molecule has 216 valence electrons. The van der Waals surface area contributed by atoms with Gasteiger partial charge in [-0.3, -0.25) is 0 Å². The highest BCUT2D eigenvalue weighted by Crippen LogP contribution is 2.57. The van der Waals surface area contributed by atoms with Crippen molar-refractivity contribution in [3.05, 3.63) is 57.6 Å². The predicted octanol–water partition coefficient (Wildman–Crippen LogP) is 6.49. The summed E-state index contributed by atoms with van der Waals surface area (Å²) in [6.45, 7) is 5.51. The molecule has 0 aromatic heterocycles. The molecule has 0 atom stereocenters. The van der Waals surface area contributed by atoms with E-state index in [-0.39, 0.29) is 44.7 Å². The van der Waals surface area contributed by atoms with Crippen LogP contribution in [-0.2, 0) is 5.41 Å². The Bertz CT molecular complexity index is 1110.